The van der Waals surface area contributed by atoms with Gasteiger partial charge in [0.15, 0.2) is 0 Å². The molecule has 0 spiro atoms. The lowest BCUT2D eigenvalue weighted by Gasteiger charge is -2.16. The molecule has 1 unspecified atom stereocenters. The van der Waals surface area contributed by atoms with E-state index in [0.29, 0.717) is 0 Å². The predicted molar refractivity (Wildman–Crippen MR) is 55.8 cm³/mol. The summed E-state index contributed by atoms with van der Waals surface area (Å²) in [5.74, 6) is -1.52. The van der Waals surface area contributed by atoms with E-state index in [2.05, 4.69) is 0 Å². The van der Waals surface area contributed by atoms with Crippen LogP contribution in [0.25, 0.3) is 0 Å². The third kappa shape index (κ3) is 4.82. The van der Waals surface area contributed by atoms with E-state index < -0.39 is 31.2 Å². The van der Waals surface area contributed by atoms with Gasteiger partial charge in [-0.15, -0.1) is 0 Å². The first kappa shape index (κ1) is 15.4. The molecule has 0 saturated carbocycles. The highest BCUT2D eigenvalue weighted by atomic mass is 19.4. The number of halogens is 5. The molecule has 19 heavy (non-hydrogen) atoms. The highest BCUT2D eigenvalue weighted by molar-refractivity contribution is 5.75. The first-order valence-electron chi connectivity index (χ1n) is 5.11. The zero-order valence-corrected chi connectivity index (χ0v) is 9.42. The van der Waals surface area contributed by atoms with Gasteiger partial charge in [0.2, 0.25) is 0 Å². The number of aliphatic carboxylic acids is 1. The molecule has 1 atom stereocenters. The fourth-order valence-corrected chi connectivity index (χ4v) is 1.40. The van der Waals surface area contributed by atoms with Crippen LogP contribution in [0.5, 0.6) is 0 Å². The molecule has 8 heteroatoms. The second-order valence-corrected chi connectivity index (χ2v) is 3.73. The zero-order valence-electron chi connectivity index (χ0n) is 9.42. The number of benzene rings is 1. The van der Waals surface area contributed by atoms with Crippen LogP contribution in [-0.4, -0.2) is 23.8 Å². The van der Waals surface area contributed by atoms with Crippen molar-refractivity contribution in [2.24, 2.45) is 0 Å². The van der Waals surface area contributed by atoms with Crippen LogP contribution in [-0.2, 0) is 4.79 Å². The highest BCUT2D eigenvalue weighted by Crippen LogP contribution is 2.22. The van der Waals surface area contributed by atoms with Gasteiger partial charge in [-0.3, -0.25) is 10.1 Å². The van der Waals surface area contributed by atoms with Crippen molar-refractivity contribution in [2.75, 3.05) is 6.54 Å². The Morgan fingerprint density at radius 1 is 1.16 bits per heavy atom. The molecule has 0 aromatic heterocycles. The number of hydrogen-bond acceptors (Lipinski definition) is 2. The predicted octanol–water partition coefficient (Wildman–Crippen LogP) is 2.90. The Morgan fingerprint density at radius 3 is 2.00 bits per heavy atom. The van der Waals surface area contributed by atoms with Crippen molar-refractivity contribution in [1.82, 2.24) is 5.32 Å². The van der Waals surface area contributed by atoms with Crippen molar-refractivity contribution < 1.29 is 31.9 Å². The van der Waals surface area contributed by atoms with Gasteiger partial charge >= 0.3 is 12.1 Å². The first-order chi connectivity index (χ1) is 8.70. The third-order valence-electron chi connectivity index (χ3n) is 2.28. The molecule has 0 aliphatic rings. The molecule has 1 aromatic rings. The quantitative estimate of drug-likeness (QED) is 0.817. The fourth-order valence-electron chi connectivity index (χ4n) is 1.40. The summed E-state index contributed by atoms with van der Waals surface area (Å²) in [6.07, 6.45) is -7.28. The summed E-state index contributed by atoms with van der Waals surface area (Å²) in [7, 11) is 0. The second kappa shape index (κ2) is 5.96. The Kier molecular flexibility index (Phi) is 4.82. The van der Waals surface area contributed by atoms with Gasteiger partial charge in [-0.05, 0) is 5.56 Å². The third-order valence-corrected chi connectivity index (χ3v) is 2.28. The highest BCUT2D eigenvalue weighted by Gasteiger charge is 2.30. The molecular weight excluding hydrogens is 273 g/mol. The average molecular weight is 283 g/mol. The van der Waals surface area contributed by atoms with Gasteiger partial charge in [-0.25, -0.2) is 8.78 Å². The fraction of sp³-hybridized carbons (Fsp3) is 0.364. The molecule has 0 radical (unpaired) electrons. The lowest BCUT2D eigenvalue weighted by atomic mass is 10.0. The molecule has 0 fully saturated rings. The van der Waals surface area contributed by atoms with E-state index in [0.717, 1.165) is 24.3 Å². The van der Waals surface area contributed by atoms with E-state index in [9.17, 15) is 26.7 Å². The minimum absolute atomic E-state index is 0.0267. The lowest BCUT2D eigenvalue weighted by Crippen LogP contribution is -2.36. The Balaban J connectivity index is 2.84. The van der Waals surface area contributed by atoms with E-state index >= 15 is 0 Å². The Labute approximate surface area is 105 Å². The number of hydrogen-bond donors (Lipinski definition) is 2. The number of carbonyl (C=O) groups is 1. The van der Waals surface area contributed by atoms with Crippen molar-refractivity contribution in [3.63, 3.8) is 0 Å². The molecule has 0 saturated heterocycles. The number of nitrogens with one attached hydrogen (secondary N) is 1. The SMILES string of the molecule is O=C(O)C(NCC(F)(F)F)c1ccc(C(F)F)cc1. The second-order valence-electron chi connectivity index (χ2n) is 3.73. The molecule has 1 rings (SSSR count). The minimum atomic E-state index is -4.56. The summed E-state index contributed by atoms with van der Waals surface area (Å²) in [6, 6.07) is 2.47. The van der Waals surface area contributed by atoms with Gasteiger partial charge < -0.3 is 5.11 Å². The monoisotopic (exact) mass is 283 g/mol. The van der Waals surface area contributed by atoms with Crippen LogP contribution in [0.1, 0.15) is 23.6 Å². The summed E-state index contributed by atoms with van der Waals surface area (Å²) < 4.78 is 60.6. The van der Waals surface area contributed by atoms with Gasteiger partial charge in [0.05, 0.1) is 6.54 Å². The molecule has 2 N–H and O–H groups in total. The molecule has 0 heterocycles. The zero-order chi connectivity index (χ0) is 14.6. The minimum Gasteiger partial charge on any atom is -0.480 e. The summed E-state index contributed by atoms with van der Waals surface area (Å²) in [4.78, 5) is 10.9. The van der Waals surface area contributed by atoms with Crippen LogP contribution in [0.15, 0.2) is 24.3 Å². The lowest BCUT2D eigenvalue weighted by molar-refractivity contribution is -0.143. The number of alkyl halides is 5. The molecule has 0 aliphatic carbocycles. The van der Waals surface area contributed by atoms with Gasteiger partial charge in [0.1, 0.15) is 6.04 Å². The summed E-state index contributed by atoms with van der Waals surface area (Å²) in [5.41, 5.74) is -0.357. The van der Waals surface area contributed by atoms with E-state index in [-0.39, 0.29) is 11.1 Å². The van der Waals surface area contributed by atoms with Crippen molar-refractivity contribution in [3.05, 3.63) is 35.4 Å². The summed E-state index contributed by atoms with van der Waals surface area (Å²) in [6.45, 7) is -1.49. The Morgan fingerprint density at radius 2 is 1.63 bits per heavy atom. The normalized spacial score (nSPS) is 13.6. The van der Waals surface area contributed by atoms with Crippen LogP contribution in [0, 0.1) is 0 Å². The van der Waals surface area contributed by atoms with Crippen LogP contribution >= 0.6 is 0 Å². The van der Waals surface area contributed by atoms with Gasteiger partial charge in [-0.1, -0.05) is 24.3 Å². The topological polar surface area (TPSA) is 49.3 Å². The standard InChI is InChI=1S/C11H10F5NO2/c12-9(13)7-3-1-6(2-4-7)8(10(18)19)17-5-11(14,15)16/h1-4,8-9,17H,5H2,(H,18,19). The number of rotatable bonds is 5. The summed E-state index contributed by atoms with van der Waals surface area (Å²) >= 11 is 0. The maximum Gasteiger partial charge on any atom is 0.401 e. The van der Waals surface area contributed by atoms with Crippen LogP contribution in [0.4, 0.5) is 22.0 Å². The first-order valence-corrected chi connectivity index (χ1v) is 5.11. The van der Waals surface area contributed by atoms with Crippen LogP contribution in [0.3, 0.4) is 0 Å². The molecule has 1 aromatic carbocycles. The van der Waals surface area contributed by atoms with Gasteiger partial charge in [0.25, 0.3) is 6.43 Å². The van der Waals surface area contributed by atoms with E-state index in [1.54, 1.807) is 0 Å². The molecule has 3 nitrogen and oxygen atoms in total. The maximum absolute atomic E-state index is 12.3. The van der Waals surface area contributed by atoms with Crippen molar-refractivity contribution >= 4 is 5.97 Å². The van der Waals surface area contributed by atoms with E-state index in [4.69, 9.17) is 5.11 Å². The van der Waals surface area contributed by atoms with Gasteiger partial charge in [-0.2, -0.15) is 13.2 Å². The maximum atomic E-state index is 12.3. The number of carboxylic acids is 1. The largest absolute Gasteiger partial charge is 0.480 e. The Hall–Kier alpha value is -1.70. The molecule has 0 amide bonds. The number of carboxylic acid groups (broad SMARTS) is 1. The Bertz CT molecular complexity index is 430. The smallest absolute Gasteiger partial charge is 0.401 e. The van der Waals surface area contributed by atoms with Crippen molar-refractivity contribution in [3.8, 4) is 0 Å². The van der Waals surface area contributed by atoms with Crippen molar-refractivity contribution in [1.29, 1.82) is 0 Å². The van der Waals surface area contributed by atoms with Gasteiger partial charge in [0, 0.05) is 5.56 Å². The summed E-state index contributed by atoms with van der Waals surface area (Å²) in [5, 5.41) is 10.6. The average Bonchev–Trinajstić information content (AvgIpc) is 2.27. The van der Waals surface area contributed by atoms with Crippen LogP contribution in [0.2, 0.25) is 0 Å². The molecule has 106 valence electrons. The molecule has 0 aliphatic heterocycles. The van der Waals surface area contributed by atoms with E-state index in [1.807, 2.05) is 5.32 Å². The van der Waals surface area contributed by atoms with E-state index in [1.165, 1.54) is 0 Å². The van der Waals surface area contributed by atoms with Crippen LogP contribution < -0.4 is 5.32 Å². The molecule has 0 bridgehead atoms. The molecular formula is C11H10F5NO2. The van der Waals surface area contributed by atoms with Crippen molar-refractivity contribution in [2.45, 2.75) is 18.6 Å².